The van der Waals surface area contributed by atoms with Gasteiger partial charge in [0.25, 0.3) is 0 Å². The van der Waals surface area contributed by atoms with Crippen LogP contribution in [0.1, 0.15) is 74.0 Å². The van der Waals surface area contributed by atoms with Crippen molar-refractivity contribution in [3.05, 3.63) is 89.5 Å². The zero-order valence-corrected chi connectivity index (χ0v) is 25.5. The highest BCUT2D eigenvalue weighted by atomic mass is 16.6. The van der Waals surface area contributed by atoms with Crippen molar-refractivity contribution in [2.24, 2.45) is 11.8 Å². The Morgan fingerprint density at radius 2 is 1.60 bits per heavy atom. The first-order valence-electron chi connectivity index (χ1n) is 14.9. The number of carbonyl (C=O) groups excluding carboxylic acids is 3. The zero-order valence-electron chi connectivity index (χ0n) is 25.5. The molecule has 0 saturated heterocycles. The van der Waals surface area contributed by atoms with Crippen LogP contribution in [0.5, 0.6) is 0 Å². The van der Waals surface area contributed by atoms with E-state index in [1.165, 1.54) is 7.11 Å². The molecule has 1 saturated carbocycles. The molecule has 1 atom stereocenters. The summed E-state index contributed by atoms with van der Waals surface area (Å²) in [6.07, 6.45) is 3.51. The van der Waals surface area contributed by atoms with Crippen LogP contribution in [0.3, 0.4) is 0 Å². The smallest absolute Gasteiger partial charge is 0.407 e. The molecule has 0 aromatic heterocycles. The Bertz CT molecular complexity index is 1410. The summed E-state index contributed by atoms with van der Waals surface area (Å²) in [7, 11) is 1.33. The average Bonchev–Trinajstić information content (AvgIpc) is 2.99. The molecule has 0 aliphatic heterocycles. The second-order valence-electron chi connectivity index (χ2n) is 12.3. The molecule has 3 aromatic rings. The van der Waals surface area contributed by atoms with E-state index in [-0.39, 0.29) is 17.9 Å². The van der Waals surface area contributed by atoms with Gasteiger partial charge in [-0.1, -0.05) is 54.6 Å². The summed E-state index contributed by atoms with van der Waals surface area (Å²) in [6, 6.07) is 23.2. The van der Waals surface area contributed by atoms with Crippen LogP contribution in [0.4, 0.5) is 10.5 Å². The van der Waals surface area contributed by atoms with Crippen molar-refractivity contribution in [1.82, 2.24) is 10.6 Å². The molecule has 8 heteroatoms. The summed E-state index contributed by atoms with van der Waals surface area (Å²) >= 11 is 0. The molecule has 4 rings (SSSR count). The molecule has 8 nitrogen and oxygen atoms in total. The summed E-state index contributed by atoms with van der Waals surface area (Å²) in [6.45, 7) is 6.08. The zero-order chi connectivity index (χ0) is 31.0. The fourth-order valence-electron chi connectivity index (χ4n) is 5.52. The van der Waals surface area contributed by atoms with Gasteiger partial charge in [-0.3, -0.25) is 4.79 Å². The third kappa shape index (κ3) is 9.08. The molecular formula is C35H43N3O5. The van der Waals surface area contributed by atoms with Gasteiger partial charge >= 0.3 is 12.1 Å². The SMILES string of the molecule is COC(=O)c1cc(-c2cccc(C(Cc3ccccc3)NC(=O)C3CCC(CNC(=O)OC(C)(C)C)CC3)c2)ccc1N. The Kier molecular flexibility index (Phi) is 10.5. The highest BCUT2D eigenvalue weighted by Gasteiger charge is 2.29. The Labute approximate surface area is 254 Å². The maximum atomic E-state index is 13.6. The van der Waals surface area contributed by atoms with Crippen molar-refractivity contribution < 1.29 is 23.9 Å². The van der Waals surface area contributed by atoms with Gasteiger partial charge in [0.1, 0.15) is 5.60 Å². The lowest BCUT2D eigenvalue weighted by molar-refractivity contribution is -0.127. The van der Waals surface area contributed by atoms with Crippen LogP contribution in [0.2, 0.25) is 0 Å². The number of ether oxygens (including phenoxy) is 2. The van der Waals surface area contributed by atoms with E-state index < -0.39 is 17.7 Å². The molecule has 228 valence electrons. The number of rotatable bonds is 9. The molecule has 2 amide bonds. The molecule has 0 radical (unpaired) electrons. The number of alkyl carbamates (subject to hydrolysis) is 1. The summed E-state index contributed by atoms with van der Waals surface area (Å²) < 4.78 is 10.2. The van der Waals surface area contributed by atoms with Crippen LogP contribution in [0.25, 0.3) is 11.1 Å². The quantitative estimate of drug-likeness (QED) is 0.196. The largest absolute Gasteiger partial charge is 0.465 e. The van der Waals surface area contributed by atoms with Crippen molar-refractivity contribution in [1.29, 1.82) is 0 Å². The minimum absolute atomic E-state index is 0.0466. The molecule has 1 aliphatic carbocycles. The van der Waals surface area contributed by atoms with Crippen LogP contribution < -0.4 is 16.4 Å². The first-order valence-corrected chi connectivity index (χ1v) is 14.9. The van der Waals surface area contributed by atoms with Crippen LogP contribution >= 0.6 is 0 Å². The van der Waals surface area contributed by atoms with E-state index in [9.17, 15) is 14.4 Å². The molecule has 1 aliphatic rings. The third-order valence-corrected chi connectivity index (χ3v) is 7.83. The first-order chi connectivity index (χ1) is 20.5. The normalized spacial score (nSPS) is 17.4. The van der Waals surface area contributed by atoms with Gasteiger partial charge in [0, 0.05) is 18.2 Å². The Morgan fingerprint density at radius 1 is 0.907 bits per heavy atom. The molecule has 0 heterocycles. The second-order valence-corrected chi connectivity index (χ2v) is 12.3. The summed E-state index contributed by atoms with van der Waals surface area (Å²) in [4.78, 5) is 37.9. The minimum Gasteiger partial charge on any atom is -0.465 e. The predicted octanol–water partition coefficient (Wildman–Crippen LogP) is 6.45. The standard InChI is InChI=1S/C35H43N3O5/c1-35(2,3)43-34(41)37-22-24-13-15-25(16-14-24)32(39)38-31(19-23-9-6-5-7-10-23)28-12-8-11-26(20-28)27-17-18-30(36)29(21-27)33(40)42-4/h5-12,17-18,20-21,24-25,31H,13-16,19,22,36H2,1-4H3,(H,37,41)(H,38,39). The Morgan fingerprint density at radius 3 is 2.28 bits per heavy atom. The first kappa shape index (κ1) is 31.6. The van der Waals surface area contributed by atoms with Gasteiger partial charge in [-0.15, -0.1) is 0 Å². The van der Waals surface area contributed by atoms with E-state index in [1.54, 1.807) is 12.1 Å². The number of hydrogen-bond donors (Lipinski definition) is 3. The molecule has 1 fully saturated rings. The van der Waals surface area contributed by atoms with Gasteiger partial charge in [0.2, 0.25) is 5.91 Å². The van der Waals surface area contributed by atoms with E-state index in [0.29, 0.717) is 30.1 Å². The number of esters is 1. The lowest BCUT2D eigenvalue weighted by Crippen LogP contribution is -2.39. The number of carbonyl (C=O) groups is 3. The monoisotopic (exact) mass is 585 g/mol. The van der Waals surface area contributed by atoms with E-state index in [1.807, 2.05) is 63.2 Å². The number of methoxy groups -OCH3 is 1. The molecule has 3 aromatic carbocycles. The summed E-state index contributed by atoms with van der Waals surface area (Å²) in [5.74, 6) is -0.201. The number of nitrogens with one attached hydrogen (secondary N) is 2. The van der Waals surface area contributed by atoms with Crippen molar-refractivity contribution >= 4 is 23.7 Å². The number of nitrogens with two attached hydrogens (primary N) is 1. The molecule has 1 unspecified atom stereocenters. The fourth-order valence-corrected chi connectivity index (χ4v) is 5.52. The highest BCUT2D eigenvalue weighted by molar-refractivity contribution is 5.96. The van der Waals surface area contributed by atoms with E-state index in [4.69, 9.17) is 15.2 Å². The van der Waals surface area contributed by atoms with Gasteiger partial charge in [-0.25, -0.2) is 9.59 Å². The van der Waals surface area contributed by atoms with E-state index >= 15 is 0 Å². The average molecular weight is 586 g/mol. The van der Waals surface area contributed by atoms with Gasteiger partial charge < -0.3 is 25.8 Å². The van der Waals surface area contributed by atoms with Crippen LogP contribution in [0.15, 0.2) is 72.8 Å². The van der Waals surface area contributed by atoms with Crippen molar-refractivity contribution in [3.63, 3.8) is 0 Å². The minimum atomic E-state index is -0.531. The predicted molar refractivity (Wildman–Crippen MR) is 168 cm³/mol. The van der Waals surface area contributed by atoms with E-state index in [2.05, 4.69) is 28.8 Å². The number of anilines is 1. The molecule has 4 N–H and O–H groups in total. The Balaban J connectivity index is 1.46. The van der Waals surface area contributed by atoms with Crippen molar-refractivity contribution in [2.45, 2.75) is 64.5 Å². The van der Waals surface area contributed by atoms with Gasteiger partial charge in [0.15, 0.2) is 0 Å². The number of nitrogen functional groups attached to an aromatic ring is 1. The second kappa shape index (κ2) is 14.2. The number of benzene rings is 3. The molecule has 0 bridgehead atoms. The summed E-state index contributed by atoms with van der Waals surface area (Å²) in [5, 5.41) is 6.22. The Hall–Kier alpha value is -4.33. The van der Waals surface area contributed by atoms with Crippen molar-refractivity contribution in [3.8, 4) is 11.1 Å². The highest BCUT2D eigenvalue weighted by Crippen LogP contribution is 2.31. The number of hydrogen-bond acceptors (Lipinski definition) is 6. The maximum absolute atomic E-state index is 13.6. The van der Waals surface area contributed by atoms with E-state index in [0.717, 1.165) is 47.9 Å². The third-order valence-electron chi connectivity index (χ3n) is 7.83. The fraction of sp³-hybridized carbons (Fsp3) is 0.400. The van der Waals surface area contributed by atoms with Crippen LogP contribution in [0, 0.1) is 11.8 Å². The topological polar surface area (TPSA) is 120 Å². The molecule has 43 heavy (non-hydrogen) atoms. The summed E-state index contributed by atoms with van der Waals surface area (Å²) in [5.41, 5.74) is 10.0. The lowest BCUT2D eigenvalue weighted by Gasteiger charge is -2.30. The molecule has 0 spiro atoms. The lowest BCUT2D eigenvalue weighted by atomic mass is 9.81. The van der Waals surface area contributed by atoms with Gasteiger partial charge in [-0.2, -0.15) is 0 Å². The molecular weight excluding hydrogens is 542 g/mol. The van der Waals surface area contributed by atoms with Crippen LogP contribution in [-0.4, -0.2) is 37.2 Å². The number of amides is 2. The van der Waals surface area contributed by atoms with Crippen LogP contribution in [-0.2, 0) is 20.7 Å². The van der Waals surface area contributed by atoms with Gasteiger partial charge in [0.05, 0.1) is 18.7 Å². The van der Waals surface area contributed by atoms with Crippen molar-refractivity contribution in [2.75, 3.05) is 19.4 Å². The van der Waals surface area contributed by atoms with Gasteiger partial charge in [-0.05, 0) is 99.2 Å². The maximum Gasteiger partial charge on any atom is 0.407 e.